The summed E-state index contributed by atoms with van der Waals surface area (Å²) in [4.78, 5) is 20.6. The minimum absolute atomic E-state index is 0.00222. The number of amides is 2. The van der Waals surface area contributed by atoms with Crippen LogP contribution in [0.25, 0.3) is 10.4 Å². The van der Waals surface area contributed by atoms with E-state index in [0.717, 1.165) is 28.3 Å². The van der Waals surface area contributed by atoms with Crippen molar-refractivity contribution in [3.8, 4) is 21.9 Å². The molecule has 150 valence electrons. The number of carbonyl (C=O) groups is 1. The molecule has 0 saturated carbocycles. The van der Waals surface area contributed by atoms with E-state index < -0.39 is 0 Å². The molecule has 3 aromatic rings. The van der Waals surface area contributed by atoms with Gasteiger partial charge in [0.25, 0.3) is 0 Å². The zero-order chi connectivity index (χ0) is 20.2. The van der Waals surface area contributed by atoms with Crippen LogP contribution >= 0.6 is 11.3 Å². The van der Waals surface area contributed by atoms with E-state index in [1.54, 1.807) is 43.8 Å². The molecule has 0 aliphatic carbocycles. The molecule has 1 fully saturated rings. The molecular formula is C22H23N3O3S. The number of urea groups is 1. The number of benzene rings is 2. The van der Waals surface area contributed by atoms with Crippen LogP contribution in [0.2, 0.25) is 0 Å². The fourth-order valence-corrected chi connectivity index (χ4v) is 4.62. The number of nitrogens with one attached hydrogen (secondary N) is 1. The third-order valence-electron chi connectivity index (χ3n) is 5.02. The smallest absolute Gasteiger partial charge is 0.322 e. The van der Waals surface area contributed by atoms with E-state index in [-0.39, 0.29) is 12.1 Å². The SMILES string of the molecule is COc1ccc(NC(=O)N2CCC[C@H]2c2ncc(-c3ccccc3)s2)cc1OC. The zero-order valence-corrected chi connectivity index (χ0v) is 17.2. The number of thiazole rings is 1. The van der Waals surface area contributed by atoms with Gasteiger partial charge >= 0.3 is 6.03 Å². The fourth-order valence-electron chi connectivity index (χ4n) is 3.55. The van der Waals surface area contributed by atoms with Crippen molar-refractivity contribution in [2.45, 2.75) is 18.9 Å². The van der Waals surface area contributed by atoms with Crippen LogP contribution in [-0.2, 0) is 0 Å². The lowest BCUT2D eigenvalue weighted by Gasteiger charge is -2.23. The number of nitrogens with zero attached hydrogens (tertiary/aromatic N) is 2. The molecule has 2 aromatic carbocycles. The summed E-state index contributed by atoms with van der Waals surface area (Å²) in [6.07, 6.45) is 3.78. The number of ether oxygens (including phenoxy) is 2. The Morgan fingerprint density at radius 2 is 1.93 bits per heavy atom. The van der Waals surface area contributed by atoms with Gasteiger partial charge in [-0.3, -0.25) is 0 Å². The maximum absolute atomic E-state index is 12.9. The van der Waals surface area contributed by atoms with Crippen molar-refractivity contribution in [3.05, 3.63) is 59.7 Å². The molecule has 1 aromatic heterocycles. The molecular weight excluding hydrogens is 386 g/mol. The number of anilines is 1. The van der Waals surface area contributed by atoms with Crippen molar-refractivity contribution in [1.29, 1.82) is 0 Å². The van der Waals surface area contributed by atoms with Crippen molar-refractivity contribution in [2.75, 3.05) is 26.1 Å². The molecule has 4 rings (SSSR count). The second kappa shape index (κ2) is 8.53. The Morgan fingerprint density at radius 1 is 1.14 bits per heavy atom. The van der Waals surface area contributed by atoms with E-state index in [2.05, 4.69) is 22.4 Å². The molecule has 1 aliphatic rings. The van der Waals surface area contributed by atoms with Crippen molar-refractivity contribution in [1.82, 2.24) is 9.88 Å². The first kappa shape index (κ1) is 19.3. The summed E-state index contributed by atoms with van der Waals surface area (Å²) in [5, 5.41) is 3.95. The largest absolute Gasteiger partial charge is 0.493 e. The maximum atomic E-state index is 12.9. The first-order chi connectivity index (χ1) is 14.2. The van der Waals surface area contributed by atoms with Gasteiger partial charge in [-0.15, -0.1) is 11.3 Å². The van der Waals surface area contributed by atoms with E-state index in [0.29, 0.717) is 23.7 Å². The highest BCUT2D eigenvalue weighted by molar-refractivity contribution is 7.15. The first-order valence-corrected chi connectivity index (χ1v) is 10.3. The molecule has 0 bridgehead atoms. The molecule has 0 unspecified atom stereocenters. The number of rotatable bonds is 5. The molecule has 1 aliphatic heterocycles. The van der Waals surface area contributed by atoms with Crippen LogP contribution in [0.15, 0.2) is 54.7 Å². The number of hydrogen-bond acceptors (Lipinski definition) is 5. The van der Waals surface area contributed by atoms with Crippen LogP contribution in [0, 0.1) is 0 Å². The Morgan fingerprint density at radius 3 is 2.69 bits per heavy atom. The highest BCUT2D eigenvalue weighted by Gasteiger charge is 2.32. The van der Waals surface area contributed by atoms with Crippen LogP contribution in [0.4, 0.5) is 10.5 Å². The summed E-state index contributed by atoms with van der Waals surface area (Å²) in [6.45, 7) is 0.712. The molecule has 1 N–H and O–H groups in total. The Balaban J connectivity index is 1.50. The van der Waals surface area contributed by atoms with Gasteiger partial charge in [-0.1, -0.05) is 30.3 Å². The van der Waals surface area contributed by atoms with Gasteiger partial charge in [0.2, 0.25) is 0 Å². The third kappa shape index (κ3) is 4.05. The van der Waals surface area contributed by atoms with E-state index >= 15 is 0 Å². The van der Waals surface area contributed by atoms with Crippen molar-refractivity contribution in [2.24, 2.45) is 0 Å². The average Bonchev–Trinajstić information content (AvgIpc) is 3.43. The van der Waals surface area contributed by atoms with Crippen LogP contribution in [0.3, 0.4) is 0 Å². The summed E-state index contributed by atoms with van der Waals surface area (Å²) in [5.41, 5.74) is 1.82. The van der Waals surface area contributed by atoms with E-state index in [1.165, 1.54) is 0 Å². The van der Waals surface area contributed by atoms with Crippen LogP contribution in [-0.4, -0.2) is 36.7 Å². The summed E-state index contributed by atoms with van der Waals surface area (Å²) < 4.78 is 10.6. The van der Waals surface area contributed by atoms with Crippen molar-refractivity contribution >= 4 is 23.1 Å². The Hall–Kier alpha value is -3.06. The lowest BCUT2D eigenvalue weighted by molar-refractivity contribution is 0.207. The normalized spacial score (nSPS) is 15.9. The highest BCUT2D eigenvalue weighted by atomic mass is 32.1. The predicted molar refractivity (Wildman–Crippen MR) is 115 cm³/mol. The topological polar surface area (TPSA) is 63.7 Å². The second-order valence-electron chi connectivity index (χ2n) is 6.78. The molecule has 1 saturated heterocycles. The van der Waals surface area contributed by atoms with Gasteiger partial charge in [0.05, 0.1) is 25.1 Å². The van der Waals surface area contributed by atoms with Crippen LogP contribution in [0.1, 0.15) is 23.9 Å². The molecule has 6 nitrogen and oxygen atoms in total. The summed E-state index contributed by atoms with van der Waals surface area (Å²) >= 11 is 1.65. The Bertz CT molecular complexity index is 990. The van der Waals surface area contributed by atoms with E-state index in [9.17, 15) is 4.79 Å². The van der Waals surface area contributed by atoms with E-state index in [4.69, 9.17) is 9.47 Å². The lowest BCUT2D eigenvalue weighted by atomic mass is 10.2. The Labute approximate surface area is 174 Å². The van der Waals surface area contributed by atoms with Gasteiger partial charge in [0.15, 0.2) is 11.5 Å². The van der Waals surface area contributed by atoms with Gasteiger partial charge in [-0.05, 0) is 30.5 Å². The molecule has 7 heteroatoms. The summed E-state index contributed by atoms with van der Waals surface area (Å²) in [7, 11) is 3.16. The van der Waals surface area contributed by atoms with Gasteiger partial charge < -0.3 is 19.7 Å². The monoisotopic (exact) mass is 409 g/mol. The number of carbonyl (C=O) groups excluding carboxylic acids is 1. The predicted octanol–water partition coefficient (Wildman–Crippen LogP) is 5.20. The minimum atomic E-state index is -0.129. The molecule has 0 spiro atoms. The van der Waals surface area contributed by atoms with Crippen LogP contribution in [0.5, 0.6) is 11.5 Å². The molecule has 29 heavy (non-hydrogen) atoms. The molecule has 0 radical (unpaired) electrons. The van der Waals surface area contributed by atoms with Gasteiger partial charge in [-0.2, -0.15) is 0 Å². The average molecular weight is 410 g/mol. The molecule has 2 heterocycles. The third-order valence-corrected chi connectivity index (χ3v) is 6.16. The highest BCUT2D eigenvalue weighted by Crippen LogP contribution is 2.37. The lowest BCUT2D eigenvalue weighted by Crippen LogP contribution is -2.34. The molecule has 2 amide bonds. The van der Waals surface area contributed by atoms with Gasteiger partial charge in [0.1, 0.15) is 5.01 Å². The van der Waals surface area contributed by atoms with E-state index in [1.807, 2.05) is 29.3 Å². The fraction of sp³-hybridized carbons (Fsp3) is 0.273. The quantitative estimate of drug-likeness (QED) is 0.629. The van der Waals surface area contributed by atoms with Crippen molar-refractivity contribution < 1.29 is 14.3 Å². The number of methoxy groups -OCH3 is 2. The molecule has 1 atom stereocenters. The number of hydrogen-bond donors (Lipinski definition) is 1. The zero-order valence-electron chi connectivity index (χ0n) is 16.4. The van der Waals surface area contributed by atoms with Crippen LogP contribution < -0.4 is 14.8 Å². The summed E-state index contributed by atoms with van der Waals surface area (Å²) in [5.74, 6) is 1.21. The van der Waals surface area contributed by atoms with Gasteiger partial charge in [-0.25, -0.2) is 9.78 Å². The minimum Gasteiger partial charge on any atom is -0.493 e. The summed E-state index contributed by atoms with van der Waals surface area (Å²) in [6, 6.07) is 15.4. The first-order valence-electron chi connectivity index (χ1n) is 9.50. The standard InChI is InChI=1S/C22H23N3O3S/c1-27-18-11-10-16(13-19(18)28-2)24-22(26)25-12-6-9-17(25)21-23-14-20(29-21)15-7-4-3-5-8-15/h3-5,7-8,10-11,13-14,17H,6,9,12H2,1-2H3,(H,24,26)/t17-/m0/s1. The Kier molecular flexibility index (Phi) is 5.67. The number of aromatic nitrogens is 1. The number of likely N-dealkylation sites (tertiary alicyclic amines) is 1. The second-order valence-corrected chi connectivity index (χ2v) is 7.84. The maximum Gasteiger partial charge on any atom is 0.322 e. The van der Waals surface area contributed by atoms with Crippen molar-refractivity contribution in [3.63, 3.8) is 0 Å². The van der Waals surface area contributed by atoms with Gasteiger partial charge in [0, 0.05) is 24.5 Å².